The Morgan fingerprint density at radius 2 is 2.62 bits per heavy atom. The second-order valence-corrected chi connectivity index (χ2v) is 1.44. The Kier molecular flexibility index (Phi) is 4.45. The molecule has 0 aromatic heterocycles. The van der Waals surface area contributed by atoms with Gasteiger partial charge in [0.25, 0.3) is 0 Å². The summed E-state index contributed by atoms with van der Waals surface area (Å²) in [4.78, 5) is 4.45. The van der Waals surface area contributed by atoms with Crippen molar-refractivity contribution in [1.82, 2.24) is 0 Å². The lowest BCUT2D eigenvalue weighted by Gasteiger charge is -1.90. The van der Waals surface area contributed by atoms with Gasteiger partial charge in [0, 0.05) is 5.75 Å². The first-order valence-corrected chi connectivity index (χ1v) is 2.81. The molecule has 0 atom stereocenters. The monoisotopic (exact) mass is 131 g/mol. The summed E-state index contributed by atoms with van der Waals surface area (Å²) in [5, 5.41) is 3.58. The minimum atomic E-state index is 0.567. The van der Waals surface area contributed by atoms with E-state index in [9.17, 15) is 0 Å². The highest BCUT2D eigenvalue weighted by Crippen LogP contribution is 1.83. The number of nitrogens with zero attached hydrogens (tertiary/aromatic N) is 1. The van der Waals surface area contributed by atoms with Crippen LogP contribution in [0, 0.1) is 0 Å². The van der Waals surface area contributed by atoms with E-state index in [4.69, 9.17) is 0 Å². The van der Waals surface area contributed by atoms with Gasteiger partial charge in [0.1, 0.15) is 7.11 Å². The van der Waals surface area contributed by atoms with Crippen LogP contribution in [0.4, 0.5) is 0 Å². The number of hydrogen-bond donors (Lipinski definition) is 1. The van der Waals surface area contributed by atoms with E-state index in [1.807, 2.05) is 0 Å². The van der Waals surface area contributed by atoms with Crippen molar-refractivity contribution in [2.24, 2.45) is 5.16 Å². The number of oxime groups is 1. The van der Waals surface area contributed by atoms with Crippen LogP contribution in [0.25, 0.3) is 0 Å². The fourth-order valence-electron chi connectivity index (χ4n) is 0.248. The summed E-state index contributed by atoms with van der Waals surface area (Å²) in [5.41, 5.74) is 0.746. The van der Waals surface area contributed by atoms with Crippen molar-refractivity contribution in [2.45, 2.75) is 0 Å². The molecule has 0 saturated heterocycles. The molecule has 0 amide bonds. The normalized spacial score (nSPS) is 11.0. The van der Waals surface area contributed by atoms with Gasteiger partial charge in [0.05, 0.1) is 5.71 Å². The first kappa shape index (κ1) is 7.56. The highest BCUT2D eigenvalue weighted by molar-refractivity contribution is 7.81. The SMILES string of the molecule is C=C/C(CS)=N\OC. The van der Waals surface area contributed by atoms with Gasteiger partial charge in [0.2, 0.25) is 0 Å². The molecule has 0 unspecified atom stereocenters. The molecular formula is C5H9NOS. The fraction of sp³-hybridized carbons (Fsp3) is 0.400. The summed E-state index contributed by atoms with van der Waals surface area (Å²) in [7, 11) is 1.49. The van der Waals surface area contributed by atoms with Gasteiger partial charge >= 0.3 is 0 Å². The van der Waals surface area contributed by atoms with Gasteiger partial charge in [-0.15, -0.1) is 0 Å². The van der Waals surface area contributed by atoms with Crippen LogP contribution in [0.3, 0.4) is 0 Å². The van der Waals surface area contributed by atoms with Crippen LogP contribution in [0.15, 0.2) is 17.8 Å². The molecule has 0 fully saturated rings. The lowest BCUT2D eigenvalue weighted by molar-refractivity contribution is 0.214. The van der Waals surface area contributed by atoms with Gasteiger partial charge in [0.15, 0.2) is 0 Å². The molecule has 46 valence electrons. The standard InChI is InChI=1S/C5H9NOS/c1-3-5(4-8)6-7-2/h3,8H,1,4H2,2H3/b6-5+. The number of hydrogen-bond acceptors (Lipinski definition) is 3. The molecule has 2 nitrogen and oxygen atoms in total. The Morgan fingerprint density at radius 1 is 2.00 bits per heavy atom. The van der Waals surface area contributed by atoms with E-state index in [1.54, 1.807) is 6.08 Å². The Hall–Kier alpha value is -0.440. The van der Waals surface area contributed by atoms with E-state index in [2.05, 4.69) is 29.2 Å². The molecule has 0 aromatic rings. The molecule has 0 N–H and O–H groups in total. The molecule has 0 saturated carbocycles. The zero-order valence-corrected chi connectivity index (χ0v) is 5.69. The van der Waals surface area contributed by atoms with Crippen LogP contribution in [0.1, 0.15) is 0 Å². The van der Waals surface area contributed by atoms with Crippen LogP contribution in [0.2, 0.25) is 0 Å². The molecule has 0 aliphatic heterocycles. The first-order chi connectivity index (χ1) is 3.85. The van der Waals surface area contributed by atoms with Crippen molar-refractivity contribution in [1.29, 1.82) is 0 Å². The smallest absolute Gasteiger partial charge is 0.106 e. The van der Waals surface area contributed by atoms with Gasteiger partial charge < -0.3 is 4.84 Å². The average molecular weight is 131 g/mol. The summed E-state index contributed by atoms with van der Waals surface area (Å²) in [6, 6.07) is 0. The topological polar surface area (TPSA) is 21.6 Å². The molecule has 0 aliphatic rings. The van der Waals surface area contributed by atoms with Gasteiger partial charge in [-0.25, -0.2) is 0 Å². The highest BCUT2D eigenvalue weighted by atomic mass is 32.1. The molecule has 0 aliphatic carbocycles. The lowest BCUT2D eigenvalue weighted by Crippen LogP contribution is -1.93. The second-order valence-electron chi connectivity index (χ2n) is 1.13. The van der Waals surface area contributed by atoms with Crippen LogP contribution in [-0.4, -0.2) is 18.6 Å². The third kappa shape index (κ3) is 2.69. The van der Waals surface area contributed by atoms with Crippen LogP contribution in [0.5, 0.6) is 0 Å². The van der Waals surface area contributed by atoms with Crippen molar-refractivity contribution in [3.63, 3.8) is 0 Å². The van der Waals surface area contributed by atoms with E-state index in [0.717, 1.165) is 5.71 Å². The van der Waals surface area contributed by atoms with Gasteiger partial charge in [-0.05, 0) is 6.08 Å². The molecule has 0 spiro atoms. The second kappa shape index (κ2) is 4.71. The van der Waals surface area contributed by atoms with E-state index in [1.165, 1.54) is 7.11 Å². The van der Waals surface area contributed by atoms with Crippen LogP contribution >= 0.6 is 12.6 Å². The van der Waals surface area contributed by atoms with E-state index in [-0.39, 0.29) is 0 Å². The highest BCUT2D eigenvalue weighted by Gasteiger charge is 1.85. The number of allylic oxidation sites excluding steroid dienone is 1. The van der Waals surface area contributed by atoms with E-state index < -0.39 is 0 Å². The lowest BCUT2D eigenvalue weighted by atomic mass is 10.4. The van der Waals surface area contributed by atoms with Crippen molar-refractivity contribution in [2.75, 3.05) is 12.9 Å². The van der Waals surface area contributed by atoms with Gasteiger partial charge in [-0.3, -0.25) is 0 Å². The summed E-state index contributed by atoms with van der Waals surface area (Å²) < 4.78 is 0. The maximum absolute atomic E-state index is 4.45. The maximum atomic E-state index is 4.45. The van der Waals surface area contributed by atoms with E-state index in [0.29, 0.717) is 5.75 Å². The Labute approximate surface area is 54.6 Å². The molecule has 0 rings (SSSR count). The first-order valence-electron chi connectivity index (χ1n) is 2.18. The van der Waals surface area contributed by atoms with Crippen molar-refractivity contribution in [3.8, 4) is 0 Å². The number of rotatable bonds is 3. The summed E-state index contributed by atoms with van der Waals surface area (Å²) >= 11 is 3.95. The van der Waals surface area contributed by atoms with Gasteiger partial charge in [-0.2, -0.15) is 12.6 Å². The van der Waals surface area contributed by atoms with Crippen LogP contribution in [-0.2, 0) is 4.84 Å². The summed E-state index contributed by atoms with van der Waals surface area (Å²) in [6.07, 6.45) is 1.61. The molecule has 0 aromatic carbocycles. The molecular weight excluding hydrogens is 122 g/mol. The minimum Gasteiger partial charge on any atom is -0.399 e. The van der Waals surface area contributed by atoms with E-state index >= 15 is 0 Å². The quantitative estimate of drug-likeness (QED) is 0.346. The third-order valence-corrected chi connectivity index (χ3v) is 0.930. The molecule has 0 heterocycles. The summed E-state index contributed by atoms with van der Waals surface area (Å²) in [6.45, 7) is 3.49. The molecule has 3 heteroatoms. The average Bonchev–Trinajstić information content (AvgIpc) is 1.83. The Morgan fingerprint density at radius 3 is 2.75 bits per heavy atom. The predicted octanol–water partition coefficient (Wildman–Crippen LogP) is 1.10. The van der Waals surface area contributed by atoms with Crippen molar-refractivity contribution in [3.05, 3.63) is 12.7 Å². The zero-order chi connectivity index (χ0) is 6.41. The third-order valence-electron chi connectivity index (χ3n) is 0.606. The van der Waals surface area contributed by atoms with Crippen molar-refractivity contribution < 1.29 is 4.84 Å². The maximum Gasteiger partial charge on any atom is 0.106 e. The fourth-order valence-corrected chi connectivity index (χ4v) is 0.435. The largest absolute Gasteiger partial charge is 0.399 e. The molecule has 0 bridgehead atoms. The van der Waals surface area contributed by atoms with Crippen LogP contribution < -0.4 is 0 Å². The summed E-state index contributed by atoms with van der Waals surface area (Å²) in [5.74, 6) is 0.567. The number of thiol groups is 1. The Bertz CT molecular complexity index is 101. The molecule has 0 radical (unpaired) electrons. The zero-order valence-electron chi connectivity index (χ0n) is 4.79. The minimum absolute atomic E-state index is 0.567. The van der Waals surface area contributed by atoms with Crippen molar-refractivity contribution >= 4 is 18.3 Å². The molecule has 8 heavy (non-hydrogen) atoms. The van der Waals surface area contributed by atoms with Gasteiger partial charge in [-0.1, -0.05) is 11.7 Å². The predicted molar refractivity (Wildman–Crippen MR) is 38.5 cm³/mol. The Balaban J connectivity index is 3.66.